The van der Waals surface area contributed by atoms with E-state index >= 15 is 0 Å². The molecule has 1 heteroatoms. The molecule has 11 aromatic rings. The number of hydrogen-bond donors (Lipinski definition) is 0. The van der Waals surface area contributed by atoms with Gasteiger partial charge in [0.2, 0.25) is 0 Å². The highest BCUT2D eigenvalue weighted by Gasteiger charge is 2.38. The molecule has 0 saturated heterocycles. The first-order valence-electron chi connectivity index (χ1n) is 25.2. The highest BCUT2D eigenvalue weighted by atomic mass is 16.3. The van der Waals surface area contributed by atoms with Crippen molar-refractivity contribution in [3.8, 4) is 66.8 Å². The van der Waals surface area contributed by atoms with Crippen molar-refractivity contribution in [2.45, 2.75) is 56.8 Å². The normalized spacial score (nSPS) is 15.2. The molecule has 0 N–H and O–H groups in total. The number of aryl methyl sites for hydroxylation is 2. The summed E-state index contributed by atoms with van der Waals surface area (Å²) in [5, 5.41) is 2.32. The summed E-state index contributed by atoms with van der Waals surface area (Å²) in [5.41, 5.74) is 29.1. The van der Waals surface area contributed by atoms with Crippen LogP contribution in [0.25, 0.3) is 88.7 Å². The quantitative estimate of drug-likeness (QED) is 0.148. The van der Waals surface area contributed by atoms with Gasteiger partial charge in [0.05, 0.1) is 0 Å². The predicted octanol–water partition coefficient (Wildman–Crippen LogP) is 18.4. The smallest absolute Gasteiger partial charge is 0.136 e. The summed E-state index contributed by atoms with van der Waals surface area (Å²) in [6.07, 6.45) is 4.19. The zero-order valence-electron chi connectivity index (χ0n) is 39.7. The summed E-state index contributed by atoms with van der Waals surface area (Å²) in [4.78, 5) is 0. The molecule has 1 heterocycles. The van der Waals surface area contributed by atoms with Gasteiger partial charge in [0.25, 0.3) is 0 Å². The molecule has 0 aliphatic heterocycles. The Hall–Kier alpha value is -8.00. The maximum absolute atomic E-state index is 6.28. The Bertz CT molecular complexity index is 3850. The van der Waals surface area contributed by atoms with Gasteiger partial charge in [-0.2, -0.15) is 0 Å². The van der Waals surface area contributed by atoms with Gasteiger partial charge < -0.3 is 4.42 Å². The Morgan fingerprint density at radius 1 is 0.429 bits per heavy atom. The Morgan fingerprint density at radius 3 is 1.76 bits per heavy atom. The van der Waals surface area contributed by atoms with E-state index in [-0.39, 0.29) is 11.3 Å². The molecule has 1 aromatic heterocycles. The number of furan rings is 1. The van der Waals surface area contributed by atoms with Crippen molar-refractivity contribution in [2.24, 2.45) is 0 Å². The van der Waals surface area contributed by atoms with Gasteiger partial charge in [0, 0.05) is 28.0 Å². The monoisotopic (exact) mass is 896 g/mol. The third-order valence-electron chi connectivity index (χ3n) is 16.4. The number of hydrogen-bond acceptors (Lipinski definition) is 1. The van der Waals surface area contributed by atoms with Crippen LogP contribution in [0.1, 0.15) is 83.0 Å². The van der Waals surface area contributed by atoms with Crippen LogP contribution in [0.3, 0.4) is 0 Å². The fourth-order valence-corrected chi connectivity index (χ4v) is 12.9. The van der Waals surface area contributed by atoms with Gasteiger partial charge in [-0.15, -0.1) is 0 Å². The molecule has 0 spiro atoms. The Kier molecular flexibility index (Phi) is 9.40. The zero-order valence-corrected chi connectivity index (χ0v) is 39.7. The van der Waals surface area contributed by atoms with E-state index < -0.39 is 0 Å². The van der Waals surface area contributed by atoms with Gasteiger partial charge >= 0.3 is 0 Å². The largest absolute Gasteiger partial charge is 0.456 e. The lowest BCUT2D eigenvalue weighted by Crippen LogP contribution is -2.15. The van der Waals surface area contributed by atoms with Crippen LogP contribution in [0, 0.1) is 0 Å². The van der Waals surface area contributed by atoms with E-state index in [2.05, 4.69) is 220 Å². The van der Waals surface area contributed by atoms with Gasteiger partial charge in [0.1, 0.15) is 11.2 Å². The summed E-state index contributed by atoms with van der Waals surface area (Å²) in [5.74, 6) is 0.614. The number of fused-ring (bicyclic) bond motifs is 11. The molecule has 2 atom stereocenters. The van der Waals surface area contributed by atoms with Crippen molar-refractivity contribution in [3.63, 3.8) is 0 Å². The van der Waals surface area contributed by atoms with Crippen molar-refractivity contribution in [2.75, 3.05) is 0 Å². The van der Waals surface area contributed by atoms with Crippen molar-refractivity contribution in [3.05, 3.63) is 263 Å². The fourth-order valence-electron chi connectivity index (χ4n) is 12.9. The fraction of sp³-hybridized carbons (Fsp3) is 0.130. The highest BCUT2D eigenvalue weighted by Crippen LogP contribution is 2.56. The van der Waals surface area contributed by atoms with Gasteiger partial charge in [-0.25, -0.2) is 0 Å². The molecular formula is C69H52O. The first-order chi connectivity index (χ1) is 34.4. The molecule has 0 bridgehead atoms. The lowest BCUT2D eigenvalue weighted by molar-refractivity contribution is 0.657. The van der Waals surface area contributed by atoms with Crippen LogP contribution in [0.15, 0.2) is 223 Å². The van der Waals surface area contributed by atoms with E-state index in [9.17, 15) is 0 Å². The summed E-state index contributed by atoms with van der Waals surface area (Å²) >= 11 is 0. The molecule has 10 aromatic carbocycles. The van der Waals surface area contributed by atoms with E-state index in [4.69, 9.17) is 4.42 Å². The average Bonchev–Trinajstić information content (AvgIpc) is 3.98. The molecule has 0 radical (unpaired) electrons. The van der Waals surface area contributed by atoms with E-state index in [0.29, 0.717) is 5.92 Å². The first kappa shape index (κ1) is 41.0. The van der Waals surface area contributed by atoms with Gasteiger partial charge in [-0.3, -0.25) is 0 Å². The average molecular weight is 897 g/mol. The van der Waals surface area contributed by atoms with Crippen LogP contribution >= 0.6 is 0 Å². The number of para-hydroxylation sites is 1. The summed E-state index contributed by atoms with van der Waals surface area (Å²) in [7, 11) is 0. The third kappa shape index (κ3) is 6.52. The zero-order chi connectivity index (χ0) is 46.5. The Balaban J connectivity index is 0.768. The summed E-state index contributed by atoms with van der Waals surface area (Å²) in [6, 6.07) is 82.0. The van der Waals surface area contributed by atoms with E-state index in [1.165, 1.54) is 111 Å². The maximum Gasteiger partial charge on any atom is 0.136 e. The van der Waals surface area contributed by atoms with Crippen molar-refractivity contribution in [1.82, 2.24) is 0 Å². The van der Waals surface area contributed by atoms with Gasteiger partial charge in [-0.1, -0.05) is 208 Å². The van der Waals surface area contributed by atoms with Crippen LogP contribution in [-0.4, -0.2) is 0 Å². The Morgan fingerprint density at radius 2 is 0.986 bits per heavy atom. The molecule has 0 saturated carbocycles. The molecular weight excluding hydrogens is 845 g/mol. The standard InChI is InChI=1S/C69H52O/c1-69(2)63-40-43(23-36-55(63)56-37-34-51(41-64(56)69)54-17-10-19-60-61-20-11-18-59-53-15-7-6-14-47(53)32-39-62(67(54)60)68(59)61)22-35-52(48-28-24-45(25-29-48)44-12-4-3-5-13-44)49-30-26-46(27-31-49)50-33-38-58-57-16-8-9-21-65(57)70-66(58)42-50/h3-21,23-31,33-34,36-38,40-42,52,62H,22,32,35,39H2,1-2H3. The molecule has 3 aliphatic rings. The van der Waals surface area contributed by atoms with Crippen molar-refractivity contribution >= 4 is 21.9 Å². The second-order valence-corrected chi connectivity index (χ2v) is 20.6. The van der Waals surface area contributed by atoms with Crippen LogP contribution in [-0.2, 0) is 18.3 Å². The lowest BCUT2D eigenvalue weighted by Gasteiger charge is -2.24. The minimum absolute atomic E-state index is 0.136. The van der Waals surface area contributed by atoms with Crippen molar-refractivity contribution < 1.29 is 4.42 Å². The molecule has 1 nitrogen and oxygen atoms in total. The predicted molar refractivity (Wildman–Crippen MR) is 292 cm³/mol. The second kappa shape index (κ2) is 16.0. The number of benzene rings is 10. The molecule has 0 fully saturated rings. The maximum atomic E-state index is 6.28. The van der Waals surface area contributed by atoms with E-state index in [0.717, 1.165) is 47.6 Å². The minimum atomic E-state index is -0.136. The molecule has 14 rings (SSSR count). The van der Waals surface area contributed by atoms with Crippen LogP contribution in [0.5, 0.6) is 0 Å². The Labute approximate surface area is 410 Å². The first-order valence-corrected chi connectivity index (χ1v) is 25.2. The summed E-state index contributed by atoms with van der Waals surface area (Å²) in [6.45, 7) is 4.88. The van der Waals surface area contributed by atoms with Gasteiger partial charge in [-0.05, 0) is 161 Å². The third-order valence-corrected chi connectivity index (χ3v) is 16.4. The van der Waals surface area contributed by atoms with E-state index in [1.54, 1.807) is 0 Å². The topological polar surface area (TPSA) is 13.1 Å². The molecule has 70 heavy (non-hydrogen) atoms. The molecule has 3 aliphatic carbocycles. The minimum Gasteiger partial charge on any atom is -0.456 e. The SMILES string of the molecule is CC1(C)c2cc(CCC(c3ccc(-c4ccccc4)cc3)c3ccc(-c4ccc5c(c4)oc4ccccc45)cc3)ccc2-c2ccc(-c3cccc4c3C3CCc5ccccc5-c5cccc-4c53)cc21. The van der Waals surface area contributed by atoms with Crippen LogP contribution in [0.2, 0.25) is 0 Å². The van der Waals surface area contributed by atoms with Crippen LogP contribution in [0.4, 0.5) is 0 Å². The molecule has 2 unspecified atom stereocenters. The highest BCUT2D eigenvalue weighted by molar-refractivity contribution is 6.06. The van der Waals surface area contributed by atoms with E-state index in [1.807, 2.05) is 12.1 Å². The summed E-state index contributed by atoms with van der Waals surface area (Å²) < 4.78 is 6.28. The molecule has 334 valence electrons. The number of rotatable bonds is 8. The molecule has 0 amide bonds. The van der Waals surface area contributed by atoms with Crippen LogP contribution < -0.4 is 0 Å². The van der Waals surface area contributed by atoms with Crippen molar-refractivity contribution in [1.29, 1.82) is 0 Å². The lowest BCUT2D eigenvalue weighted by atomic mass is 9.79. The van der Waals surface area contributed by atoms with Gasteiger partial charge in [0.15, 0.2) is 0 Å². The second-order valence-electron chi connectivity index (χ2n) is 20.6.